The molecule has 7 nitrogen and oxygen atoms in total. The summed E-state index contributed by atoms with van der Waals surface area (Å²) in [6, 6.07) is 1.84. The molecule has 1 atom stereocenters. The zero-order chi connectivity index (χ0) is 17.1. The third-order valence-electron chi connectivity index (χ3n) is 5.08. The van der Waals surface area contributed by atoms with Gasteiger partial charge in [-0.2, -0.15) is 0 Å². The van der Waals surface area contributed by atoms with E-state index in [2.05, 4.69) is 31.5 Å². The number of imidazole rings is 1. The van der Waals surface area contributed by atoms with Crippen LogP contribution < -0.4 is 4.90 Å². The lowest BCUT2D eigenvalue weighted by molar-refractivity contribution is 0.0168. The Balaban J connectivity index is 1.44. The van der Waals surface area contributed by atoms with Crippen molar-refractivity contribution in [3.63, 3.8) is 0 Å². The Hall–Kier alpha value is -1.99. The minimum atomic E-state index is 0.278. The molecule has 0 bridgehead atoms. The average Bonchev–Trinajstić information content (AvgIpc) is 3.04. The Kier molecular flexibility index (Phi) is 4.94. The van der Waals surface area contributed by atoms with Gasteiger partial charge in [0.25, 0.3) is 0 Å². The predicted octanol–water partition coefficient (Wildman–Crippen LogP) is 1.76. The number of rotatable bonds is 5. The van der Waals surface area contributed by atoms with Gasteiger partial charge in [-0.3, -0.25) is 0 Å². The molecule has 0 aliphatic carbocycles. The minimum Gasteiger partial charge on any atom is -0.381 e. The monoisotopic (exact) mass is 343 g/mol. The van der Waals surface area contributed by atoms with E-state index in [0.29, 0.717) is 12.5 Å². The highest BCUT2D eigenvalue weighted by Gasteiger charge is 2.30. The lowest BCUT2D eigenvalue weighted by Crippen LogP contribution is -2.37. The van der Waals surface area contributed by atoms with Crippen LogP contribution in [0.2, 0.25) is 0 Å². The van der Waals surface area contributed by atoms with Crippen LogP contribution in [0.1, 0.15) is 30.1 Å². The van der Waals surface area contributed by atoms with Gasteiger partial charge in [-0.1, -0.05) is 0 Å². The first-order chi connectivity index (χ1) is 12.3. The lowest BCUT2D eigenvalue weighted by Gasteiger charge is -2.33. The van der Waals surface area contributed by atoms with Crippen LogP contribution in [0.5, 0.6) is 0 Å². The third kappa shape index (κ3) is 3.67. The van der Waals surface area contributed by atoms with E-state index in [1.165, 1.54) is 5.69 Å². The maximum absolute atomic E-state index is 6.11. The van der Waals surface area contributed by atoms with Crippen molar-refractivity contribution < 1.29 is 9.47 Å². The molecule has 1 fully saturated rings. The van der Waals surface area contributed by atoms with E-state index in [1.807, 2.05) is 12.4 Å². The normalized spacial score (nSPS) is 21.3. The fraction of sp³-hybridized carbons (Fsp3) is 0.611. The molecule has 1 saturated heterocycles. The van der Waals surface area contributed by atoms with Crippen LogP contribution in [-0.4, -0.2) is 52.5 Å². The standard InChI is InChI=1S/C18H25N5O2/c1-22-13-21-16-10-23(18-19-5-2-6-20-18)9-15(17(16)22)12-25-11-14-3-7-24-8-4-14/h2,5-6,13-15H,3-4,7-12H2,1H3/t15-/m0/s1. The highest BCUT2D eigenvalue weighted by Crippen LogP contribution is 2.29. The highest BCUT2D eigenvalue weighted by atomic mass is 16.5. The molecule has 2 aromatic heterocycles. The van der Waals surface area contributed by atoms with E-state index in [9.17, 15) is 0 Å². The summed E-state index contributed by atoms with van der Waals surface area (Å²) in [5.74, 6) is 1.66. The maximum Gasteiger partial charge on any atom is 0.225 e. The van der Waals surface area contributed by atoms with E-state index >= 15 is 0 Å². The van der Waals surface area contributed by atoms with Gasteiger partial charge in [-0.25, -0.2) is 15.0 Å². The number of hydrogen-bond acceptors (Lipinski definition) is 6. The Morgan fingerprint density at radius 1 is 1.16 bits per heavy atom. The number of ether oxygens (including phenoxy) is 2. The molecule has 0 radical (unpaired) electrons. The van der Waals surface area contributed by atoms with E-state index < -0.39 is 0 Å². The SMILES string of the molecule is Cn1cnc2c1[C@H](COCC1CCOCC1)CN(c1ncccn1)C2. The summed E-state index contributed by atoms with van der Waals surface area (Å²) in [6.07, 6.45) is 7.67. The first-order valence-electron chi connectivity index (χ1n) is 8.99. The van der Waals surface area contributed by atoms with Gasteiger partial charge >= 0.3 is 0 Å². The molecule has 0 N–H and O–H groups in total. The second kappa shape index (κ2) is 7.49. The minimum absolute atomic E-state index is 0.278. The first-order valence-corrected chi connectivity index (χ1v) is 8.99. The van der Waals surface area contributed by atoms with Gasteiger partial charge in [0.15, 0.2) is 0 Å². The summed E-state index contributed by atoms with van der Waals surface area (Å²) in [4.78, 5) is 15.6. The molecule has 2 aliphatic heterocycles. The fourth-order valence-electron chi connectivity index (χ4n) is 3.76. The van der Waals surface area contributed by atoms with Crippen LogP contribution in [0.25, 0.3) is 0 Å². The molecule has 134 valence electrons. The van der Waals surface area contributed by atoms with Crippen LogP contribution >= 0.6 is 0 Å². The summed E-state index contributed by atoms with van der Waals surface area (Å²) >= 11 is 0. The quantitative estimate of drug-likeness (QED) is 0.824. The highest BCUT2D eigenvalue weighted by molar-refractivity contribution is 5.37. The molecule has 4 rings (SSSR count). The summed E-state index contributed by atoms with van der Waals surface area (Å²) in [7, 11) is 2.06. The molecule has 2 aromatic rings. The predicted molar refractivity (Wildman–Crippen MR) is 93.4 cm³/mol. The van der Waals surface area contributed by atoms with Crippen molar-refractivity contribution in [2.75, 3.05) is 37.9 Å². The Labute approximate surface area is 148 Å². The second-order valence-electron chi connectivity index (χ2n) is 6.91. The van der Waals surface area contributed by atoms with E-state index in [0.717, 1.165) is 57.4 Å². The third-order valence-corrected chi connectivity index (χ3v) is 5.08. The number of fused-ring (bicyclic) bond motifs is 1. The second-order valence-corrected chi connectivity index (χ2v) is 6.91. The molecule has 2 aliphatic rings. The van der Waals surface area contributed by atoms with Crippen molar-refractivity contribution in [3.8, 4) is 0 Å². The van der Waals surface area contributed by atoms with Crippen molar-refractivity contribution in [2.24, 2.45) is 13.0 Å². The molecule has 0 saturated carbocycles. The Morgan fingerprint density at radius 2 is 1.96 bits per heavy atom. The van der Waals surface area contributed by atoms with Crippen LogP contribution in [0, 0.1) is 5.92 Å². The summed E-state index contributed by atoms with van der Waals surface area (Å²) < 4.78 is 13.7. The number of hydrogen-bond donors (Lipinski definition) is 0. The van der Waals surface area contributed by atoms with Crippen LogP contribution in [0.15, 0.2) is 24.8 Å². The summed E-state index contributed by atoms with van der Waals surface area (Å²) in [6.45, 7) is 4.84. The Bertz CT molecular complexity index is 684. The molecule has 0 amide bonds. The molecule has 25 heavy (non-hydrogen) atoms. The largest absolute Gasteiger partial charge is 0.381 e. The van der Waals surface area contributed by atoms with Crippen LogP contribution in [0.4, 0.5) is 5.95 Å². The van der Waals surface area contributed by atoms with Crippen LogP contribution in [0.3, 0.4) is 0 Å². The smallest absolute Gasteiger partial charge is 0.225 e. The maximum atomic E-state index is 6.11. The van der Waals surface area contributed by atoms with Gasteiger partial charge in [-0.15, -0.1) is 0 Å². The van der Waals surface area contributed by atoms with Gasteiger partial charge in [0, 0.05) is 57.4 Å². The average molecular weight is 343 g/mol. The molecular weight excluding hydrogens is 318 g/mol. The molecule has 7 heteroatoms. The fourth-order valence-corrected chi connectivity index (χ4v) is 3.76. The first kappa shape index (κ1) is 16.5. The summed E-state index contributed by atoms with van der Waals surface area (Å²) in [5.41, 5.74) is 2.38. The van der Waals surface area contributed by atoms with E-state index in [4.69, 9.17) is 9.47 Å². The molecule has 4 heterocycles. The zero-order valence-corrected chi connectivity index (χ0v) is 14.7. The molecule has 0 unspecified atom stereocenters. The molecule has 0 aromatic carbocycles. The van der Waals surface area contributed by atoms with Crippen molar-refractivity contribution in [1.82, 2.24) is 19.5 Å². The number of aryl methyl sites for hydroxylation is 1. The van der Waals surface area contributed by atoms with Gasteiger partial charge in [0.1, 0.15) is 0 Å². The van der Waals surface area contributed by atoms with Gasteiger partial charge in [0.2, 0.25) is 5.95 Å². The molecule has 0 spiro atoms. The van der Waals surface area contributed by atoms with Gasteiger partial charge in [-0.05, 0) is 24.8 Å². The number of aromatic nitrogens is 4. The Morgan fingerprint density at radius 3 is 2.76 bits per heavy atom. The van der Waals surface area contributed by atoms with Crippen molar-refractivity contribution in [2.45, 2.75) is 25.3 Å². The van der Waals surface area contributed by atoms with Gasteiger partial charge < -0.3 is 18.9 Å². The van der Waals surface area contributed by atoms with Crippen molar-refractivity contribution >= 4 is 5.95 Å². The number of nitrogens with zero attached hydrogens (tertiary/aromatic N) is 5. The molecular formula is C18H25N5O2. The number of anilines is 1. The van der Waals surface area contributed by atoms with Crippen molar-refractivity contribution in [3.05, 3.63) is 36.2 Å². The van der Waals surface area contributed by atoms with Crippen LogP contribution in [-0.2, 0) is 23.1 Å². The topological polar surface area (TPSA) is 65.3 Å². The van der Waals surface area contributed by atoms with E-state index in [1.54, 1.807) is 12.4 Å². The lowest BCUT2D eigenvalue weighted by atomic mass is 9.98. The zero-order valence-electron chi connectivity index (χ0n) is 14.7. The van der Waals surface area contributed by atoms with Gasteiger partial charge in [0.05, 0.1) is 25.2 Å². The summed E-state index contributed by atoms with van der Waals surface area (Å²) in [5, 5.41) is 0. The van der Waals surface area contributed by atoms with Crippen molar-refractivity contribution in [1.29, 1.82) is 0 Å². The van der Waals surface area contributed by atoms with E-state index in [-0.39, 0.29) is 5.92 Å².